The minimum absolute atomic E-state index is 0.0426. The highest BCUT2D eigenvalue weighted by Crippen LogP contribution is 2.48. The zero-order chi connectivity index (χ0) is 31.3. The van der Waals surface area contributed by atoms with Gasteiger partial charge in [0.2, 0.25) is 10.0 Å². The van der Waals surface area contributed by atoms with Crippen LogP contribution in [0, 0.1) is 6.92 Å². The van der Waals surface area contributed by atoms with E-state index >= 15 is 0 Å². The van der Waals surface area contributed by atoms with E-state index < -0.39 is 21.4 Å². The highest BCUT2D eigenvalue weighted by Gasteiger charge is 2.42. The fourth-order valence-corrected chi connectivity index (χ4v) is 7.47. The number of fused-ring (bicyclic) bond motifs is 1. The van der Waals surface area contributed by atoms with Crippen molar-refractivity contribution in [3.05, 3.63) is 125 Å². The first-order valence-electron chi connectivity index (χ1n) is 14.9. The van der Waals surface area contributed by atoms with E-state index in [0.29, 0.717) is 27.2 Å². The Bertz CT molecular complexity index is 1970. The van der Waals surface area contributed by atoms with Gasteiger partial charge in [0, 0.05) is 17.3 Å². The summed E-state index contributed by atoms with van der Waals surface area (Å²) in [7, 11) is -3.94. The Morgan fingerprint density at radius 3 is 2.32 bits per heavy atom. The average Bonchev–Trinajstić information content (AvgIpc) is 3.57. The van der Waals surface area contributed by atoms with Crippen LogP contribution in [0.5, 0.6) is 0 Å². The number of carboxylic acid groups (broad SMARTS) is 1. The molecule has 1 fully saturated rings. The zero-order valence-electron chi connectivity index (χ0n) is 25.5. The predicted molar refractivity (Wildman–Crippen MR) is 173 cm³/mol. The van der Waals surface area contributed by atoms with Gasteiger partial charge in [0.1, 0.15) is 11.5 Å². The van der Waals surface area contributed by atoms with Crippen molar-refractivity contribution >= 4 is 26.8 Å². The molecule has 1 saturated carbocycles. The van der Waals surface area contributed by atoms with Crippen LogP contribution in [-0.2, 0) is 38.7 Å². The van der Waals surface area contributed by atoms with Gasteiger partial charge in [0.05, 0.1) is 16.9 Å². The highest BCUT2D eigenvalue weighted by molar-refractivity contribution is 7.89. The number of nitrogens with zero attached hydrogens (tertiary/aromatic N) is 1. The topological polar surface area (TPSA) is 87.8 Å². The van der Waals surface area contributed by atoms with Gasteiger partial charge in [-0.25, -0.2) is 8.42 Å². The molecule has 44 heavy (non-hydrogen) atoms. The number of benzene rings is 4. The molecule has 1 heterocycles. The molecule has 0 bridgehead atoms. The van der Waals surface area contributed by atoms with Crippen molar-refractivity contribution in [3.63, 3.8) is 0 Å². The quantitative estimate of drug-likeness (QED) is 0.173. The number of furan rings is 1. The van der Waals surface area contributed by atoms with E-state index in [-0.39, 0.29) is 18.5 Å². The highest BCUT2D eigenvalue weighted by atomic mass is 32.2. The first kappa shape index (κ1) is 29.9. The summed E-state index contributed by atoms with van der Waals surface area (Å²) >= 11 is 0. The molecule has 0 spiro atoms. The van der Waals surface area contributed by atoms with Gasteiger partial charge in [-0.15, -0.1) is 0 Å². The van der Waals surface area contributed by atoms with Crippen molar-refractivity contribution < 1.29 is 22.7 Å². The van der Waals surface area contributed by atoms with Crippen molar-refractivity contribution in [2.75, 3.05) is 0 Å². The number of hydrogen-bond donors (Lipinski definition) is 1. The second-order valence-corrected chi connectivity index (χ2v) is 14.6. The molecular weight excluding hydrogens is 570 g/mol. The van der Waals surface area contributed by atoms with Crippen LogP contribution in [-0.4, -0.2) is 23.8 Å². The van der Waals surface area contributed by atoms with Crippen LogP contribution in [0.3, 0.4) is 0 Å². The molecule has 6 rings (SSSR count). The first-order valence-corrected chi connectivity index (χ1v) is 16.3. The Balaban J connectivity index is 1.35. The first-order chi connectivity index (χ1) is 20.9. The van der Waals surface area contributed by atoms with Crippen molar-refractivity contribution in [1.29, 1.82) is 0 Å². The number of sulfonamides is 1. The molecule has 7 heteroatoms. The van der Waals surface area contributed by atoms with E-state index in [9.17, 15) is 18.3 Å². The molecule has 1 aromatic heterocycles. The minimum Gasteiger partial charge on any atom is -0.481 e. The van der Waals surface area contributed by atoms with Gasteiger partial charge in [-0.05, 0) is 78.9 Å². The number of carboxylic acids is 1. The number of aliphatic carboxylic acids is 1. The fourth-order valence-electron chi connectivity index (χ4n) is 5.66. The van der Waals surface area contributed by atoms with Crippen LogP contribution >= 0.6 is 0 Å². The van der Waals surface area contributed by atoms with Gasteiger partial charge >= 0.3 is 5.97 Å². The van der Waals surface area contributed by atoms with Gasteiger partial charge < -0.3 is 9.52 Å². The third-order valence-electron chi connectivity index (χ3n) is 9.03. The van der Waals surface area contributed by atoms with Crippen LogP contribution in [0.2, 0.25) is 0 Å². The normalized spacial score (nSPS) is 14.7. The zero-order valence-corrected chi connectivity index (χ0v) is 26.3. The molecule has 4 aromatic carbocycles. The van der Waals surface area contributed by atoms with Crippen LogP contribution in [0.4, 0.5) is 0 Å². The van der Waals surface area contributed by atoms with E-state index in [1.165, 1.54) is 4.31 Å². The fraction of sp³-hybridized carbons (Fsp3) is 0.270. The lowest BCUT2D eigenvalue weighted by Crippen LogP contribution is -2.31. The minimum atomic E-state index is -3.94. The lowest BCUT2D eigenvalue weighted by Gasteiger charge is -2.24. The second-order valence-electron chi connectivity index (χ2n) is 12.7. The summed E-state index contributed by atoms with van der Waals surface area (Å²) in [5.41, 5.74) is 3.08. The Morgan fingerprint density at radius 2 is 1.61 bits per heavy atom. The predicted octanol–water partition coefficient (Wildman–Crippen LogP) is 8.21. The molecule has 226 valence electrons. The van der Waals surface area contributed by atoms with Gasteiger partial charge in [0.15, 0.2) is 0 Å². The molecule has 0 radical (unpaired) electrons. The Morgan fingerprint density at radius 1 is 0.886 bits per heavy atom. The molecule has 5 aromatic rings. The van der Waals surface area contributed by atoms with Crippen LogP contribution < -0.4 is 0 Å². The largest absolute Gasteiger partial charge is 0.481 e. The Hall–Kier alpha value is -4.20. The maximum Gasteiger partial charge on any atom is 0.313 e. The molecule has 1 aliphatic carbocycles. The maximum absolute atomic E-state index is 14.5. The van der Waals surface area contributed by atoms with Crippen LogP contribution in [0.25, 0.3) is 21.9 Å². The van der Waals surface area contributed by atoms with Gasteiger partial charge in [-0.2, -0.15) is 4.31 Å². The molecular formula is C37H37NO5S. The molecule has 0 amide bonds. The van der Waals surface area contributed by atoms with E-state index in [0.717, 1.165) is 40.7 Å². The Kier molecular flexibility index (Phi) is 7.50. The third kappa shape index (κ3) is 5.58. The van der Waals surface area contributed by atoms with Crippen LogP contribution in [0.1, 0.15) is 61.8 Å². The van der Waals surface area contributed by atoms with Crippen molar-refractivity contribution in [2.24, 2.45) is 0 Å². The lowest BCUT2D eigenvalue weighted by molar-refractivity contribution is -0.142. The number of carbonyl (C=O) groups is 1. The standard InChI is InChI=1S/C37H37NO5S/c1-25-12-15-28-8-5-6-11-32(28)34(25)44(41,42)38(24-31-18-19-33(43-31)37(4)20-21-37)23-26-13-16-27(17-14-26)29-9-7-10-30(22-29)36(2,3)35(39)40/h5-19,22H,20-21,23-24H2,1-4H3,(H,39,40). The summed E-state index contributed by atoms with van der Waals surface area (Å²) in [6.07, 6.45) is 2.14. The molecule has 1 N–H and O–H groups in total. The number of aryl methyl sites for hydroxylation is 1. The SMILES string of the molecule is Cc1ccc2ccccc2c1S(=O)(=O)N(Cc1ccc(-c2cccc(C(C)(C)C(=O)O)c2)cc1)Cc1ccc(C2(C)CC2)o1. The van der Waals surface area contributed by atoms with Crippen molar-refractivity contribution in [2.45, 2.75) is 69.4 Å². The number of hydrogen-bond acceptors (Lipinski definition) is 4. The molecule has 6 nitrogen and oxygen atoms in total. The molecule has 0 aliphatic heterocycles. The smallest absolute Gasteiger partial charge is 0.313 e. The monoisotopic (exact) mass is 607 g/mol. The molecule has 1 aliphatic rings. The van der Waals surface area contributed by atoms with E-state index in [1.807, 2.05) is 104 Å². The van der Waals surface area contributed by atoms with E-state index in [4.69, 9.17) is 4.42 Å². The summed E-state index contributed by atoms with van der Waals surface area (Å²) in [4.78, 5) is 12.1. The van der Waals surface area contributed by atoms with Crippen molar-refractivity contribution in [1.82, 2.24) is 4.31 Å². The summed E-state index contributed by atoms with van der Waals surface area (Å²) in [6.45, 7) is 7.66. The number of rotatable bonds is 10. The summed E-state index contributed by atoms with van der Waals surface area (Å²) in [6, 6.07) is 30.6. The molecule has 0 atom stereocenters. The molecule has 0 saturated heterocycles. The van der Waals surface area contributed by atoms with Crippen LogP contribution in [0.15, 0.2) is 106 Å². The summed E-state index contributed by atoms with van der Waals surface area (Å²) < 4.78 is 36.7. The lowest BCUT2D eigenvalue weighted by atomic mass is 9.83. The summed E-state index contributed by atoms with van der Waals surface area (Å²) in [5, 5.41) is 11.3. The van der Waals surface area contributed by atoms with E-state index in [1.54, 1.807) is 13.8 Å². The maximum atomic E-state index is 14.5. The Labute approximate surface area is 259 Å². The van der Waals surface area contributed by atoms with Gasteiger partial charge in [0.25, 0.3) is 0 Å². The van der Waals surface area contributed by atoms with Crippen molar-refractivity contribution in [3.8, 4) is 11.1 Å². The molecule has 0 unspecified atom stereocenters. The van der Waals surface area contributed by atoms with Gasteiger partial charge in [-0.3, -0.25) is 4.79 Å². The average molecular weight is 608 g/mol. The van der Waals surface area contributed by atoms with Gasteiger partial charge in [-0.1, -0.05) is 91.9 Å². The summed E-state index contributed by atoms with van der Waals surface area (Å²) in [5.74, 6) is 0.635. The third-order valence-corrected chi connectivity index (χ3v) is 11.0. The second kappa shape index (κ2) is 11.1. The van der Waals surface area contributed by atoms with E-state index in [2.05, 4.69) is 6.92 Å².